The fraction of sp³-hybridized carbons (Fsp3) is 0.292. The lowest BCUT2D eigenvalue weighted by atomic mass is 10.1. The maximum Gasteiger partial charge on any atom is 0.268 e. The molecule has 0 fully saturated rings. The molecule has 0 unspecified atom stereocenters. The van der Waals surface area contributed by atoms with E-state index >= 15 is 0 Å². The molecule has 1 aliphatic rings. The third-order valence-electron chi connectivity index (χ3n) is 6.13. The molecular formula is C24H24FN5O3S. The molecule has 10 heteroatoms. The second kappa shape index (κ2) is 8.14. The summed E-state index contributed by atoms with van der Waals surface area (Å²) < 4.78 is 49.6. The third kappa shape index (κ3) is 3.72. The van der Waals surface area contributed by atoms with Gasteiger partial charge in [-0.1, -0.05) is 17.7 Å². The summed E-state index contributed by atoms with van der Waals surface area (Å²) in [6.07, 6.45) is 0.515. The minimum Gasteiger partial charge on any atom is -0.415 e. The molecule has 0 N–H and O–H groups in total. The van der Waals surface area contributed by atoms with Gasteiger partial charge in [-0.3, -0.25) is 4.68 Å². The number of rotatable bonds is 4. The quantitative estimate of drug-likeness (QED) is 0.438. The van der Waals surface area contributed by atoms with Crippen molar-refractivity contribution in [1.29, 1.82) is 0 Å². The Labute approximate surface area is 197 Å². The first-order valence-electron chi connectivity index (χ1n) is 10.9. The number of aromatic nitrogens is 4. The molecule has 5 rings (SSSR count). The summed E-state index contributed by atoms with van der Waals surface area (Å²) in [6, 6.07) is 9.53. The van der Waals surface area contributed by atoms with Crippen molar-refractivity contribution in [3.8, 4) is 23.0 Å². The number of hydrogen-bond donors (Lipinski definition) is 0. The molecule has 0 saturated carbocycles. The van der Waals surface area contributed by atoms with Gasteiger partial charge in [-0.05, 0) is 56.2 Å². The highest BCUT2D eigenvalue weighted by Gasteiger charge is 2.35. The van der Waals surface area contributed by atoms with Gasteiger partial charge >= 0.3 is 0 Å². The molecule has 0 atom stereocenters. The van der Waals surface area contributed by atoms with Crippen LogP contribution in [0.25, 0.3) is 23.0 Å². The molecule has 1 aliphatic heterocycles. The second-order valence-electron chi connectivity index (χ2n) is 8.63. The van der Waals surface area contributed by atoms with Crippen LogP contribution in [-0.4, -0.2) is 39.2 Å². The van der Waals surface area contributed by atoms with Crippen molar-refractivity contribution in [2.45, 2.75) is 38.6 Å². The maximum absolute atomic E-state index is 13.6. The molecule has 0 bridgehead atoms. The second-order valence-corrected chi connectivity index (χ2v) is 10.5. The van der Waals surface area contributed by atoms with Gasteiger partial charge in [0.15, 0.2) is 5.69 Å². The summed E-state index contributed by atoms with van der Waals surface area (Å²) in [6.45, 7) is 6.12. The first kappa shape index (κ1) is 22.4. The van der Waals surface area contributed by atoms with Gasteiger partial charge < -0.3 is 4.42 Å². The van der Waals surface area contributed by atoms with E-state index in [0.717, 1.165) is 27.9 Å². The summed E-state index contributed by atoms with van der Waals surface area (Å²) in [5.41, 5.74) is 5.20. The van der Waals surface area contributed by atoms with Gasteiger partial charge in [-0.25, -0.2) is 12.8 Å². The number of hydrogen-bond acceptors (Lipinski definition) is 6. The SMILES string of the molecule is Cc1cc(C)c(S(=O)(=O)N2CCc3c(c(-c4nnc(-c5ccc(F)cc5)o4)nn3C)C2)c(C)c1. The molecule has 0 aliphatic carbocycles. The Hall–Kier alpha value is -3.37. The molecule has 3 heterocycles. The van der Waals surface area contributed by atoms with E-state index in [2.05, 4.69) is 15.3 Å². The highest BCUT2D eigenvalue weighted by atomic mass is 32.2. The number of sulfonamides is 1. The number of halogens is 1. The number of nitrogens with zero attached hydrogens (tertiary/aromatic N) is 5. The van der Waals surface area contributed by atoms with Crippen LogP contribution in [0.2, 0.25) is 0 Å². The third-order valence-corrected chi connectivity index (χ3v) is 8.28. The van der Waals surface area contributed by atoms with E-state index in [-0.39, 0.29) is 24.1 Å². The molecule has 4 aromatic rings. The molecule has 34 heavy (non-hydrogen) atoms. The average Bonchev–Trinajstić information content (AvgIpc) is 3.38. The predicted molar refractivity (Wildman–Crippen MR) is 124 cm³/mol. The molecule has 2 aromatic carbocycles. The minimum absolute atomic E-state index is 0.155. The van der Waals surface area contributed by atoms with Gasteiger partial charge in [0, 0.05) is 43.4 Å². The van der Waals surface area contributed by atoms with Crippen LogP contribution in [0.5, 0.6) is 0 Å². The highest BCUT2D eigenvalue weighted by Crippen LogP contribution is 2.34. The number of fused-ring (bicyclic) bond motifs is 1. The first-order chi connectivity index (χ1) is 16.1. The van der Waals surface area contributed by atoms with Crippen LogP contribution in [0, 0.1) is 26.6 Å². The van der Waals surface area contributed by atoms with Crippen molar-refractivity contribution in [2.75, 3.05) is 6.54 Å². The van der Waals surface area contributed by atoms with E-state index in [9.17, 15) is 12.8 Å². The fourth-order valence-corrected chi connectivity index (χ4v) is 6.50. The first-order valence-corrected chi connectivity index (χ1v) is 12.3. The van der Waals surface area contributed by atoms with Crippen LogP contribution >= 0.6 is 0 Å². The molecule has 176 valence electrons. The van der Waals surface area contributed by atoms with Gasteiger partial charge in [-0.15, -0.1) is 10.2 Å². The van der Waals surface area contributed by atoms with Gasteiger partial charge in [-0.2, -0.15) is 9.40 Å². The number of aryl methyl sites for hydroxylation is 4. The van der Waals surface area contributed by atoms with Crippen molar-refractivity contribution < 1.29 is 17.2 Å². The molecule has 0 saturated heterocycles. The Morgan fingerprint density at radius 1 is 1.00 bits per heavy atom. The van der Waals surface area contributed by atoms with Crippen molar-refractivity contribution >= 4 is 10.0 Å². The van der Waals surface area contributed by atoms with Crippen LogP contribution in [0.1, 0.15) is 27.9 Å². The van der Waals surface area contributed by atoms with E-state index in [1.54, 1.807) is 16.8 Å². The summed E-state index contributed by atoms with van der Waals surface area (Å²) in [5.74, 6) is 0.0707. The smallest absolute Gasteiger partial charge is 0.268 e. The Balaban J connectivity index is 1.51. The van der Waals surface area contributed by atoms with E-state index in [1.165, 1.54) is 16.4 Å². The standard InChI is InChI=1S/C24H24FN5O3S/c1-14-11-15(2)22(16(3)12-14)34(31,32)30-10-9-20-19(13-30)21(28-29(20)4)24-27-26-23(33-24)17-5-7-18(25)8-6-17/h5-8,11-12H,9-10,13H2,1-4H3. The molecule has 0 spiro atoms. The summed E-state index contributed by atoms with van der Waals surface area (Å²) in [5, 5.41) is 12.8. The van der Waals surface area contributed by atoms with Gasteiger partial charge in [0.1, 0.15) is 5.82 Å². The van der Waals surface area contributed by atoms with Gasteiger partial charge in [0.2, 0.25) is 15.9 Å². The molecule has 2 aromatic heterocycles. The molecule has 0 radical (unpaired) electrons. The minimum atomic E-state index is -3.72. The van der Waals surface area contributed by atoms with Crippen molar-refractivity contribution in [3.63, 3.8) is 0 Å². The summed E-state index contributed by atoms with van der Waals surface area (Å²) in [7, 11) is -1.90. The topological polar surface area (TPSA) is 94.1 Å². The largest absolute Gasteiger partial charge is 0.415 e. The normalized spacial score (nSPS) is 14.4. The lowest BCUT2D eigenvalue weighted by molar-refractivity contribution is 0.385. The monoisotopic (exact) mass is 481 g/mol. The van der Waals surface area contributed by atoms with E-state index in [1.807, 2.05) is 40.0 Å². The Bertz CT molecular complexity index is 1480. The van der Waals surface area contributed by atoms with Crippen molar-refractivity contribution in [3.05, 3.63) is 70.2 Å². The Morgan fingerprint density at radius 2 is 1.65 bits per heavy atom. The number of benzene rings is 2. The fourth-order valence-electron chi connectivity index (χ4n) is 4.68. The zero-order chi connectivity index (χ0) is 24.2. The van der Waals surface area contributed by atoms with Crippen LogP contribution in [0.3, 0.4) is 0 Å². The van der Waals surface area contributed by atoms with E-state index in [0.29, 0.717) is 29.1 Å². The highest BCUT2D eigenvalue weighted by molar-refractivity contribution is 7.89. The molecule has 0 amide bonds. The van der Waals surface area contributed by atoms with Crippen LogP contribution in [0.4, 0.5) is 4.39 Å². The summed E-state index contributed by atoms with van der Waals surface area (Å²) >= 11 is 0. The maximum atomic E-state index is 13.6. The van der Waals surface area contributed by atoms with Crippen LogP contribution in [-0.2, 0) is 30.0 Å². The predicted octanol–water partition coefficient (Wildman–Crippen LogP) is 3.95. The zero-order valence-corrected chi connectivity index (χ0v) is 20.1. The lowest BCUT2D eigenvalue weighted by Crippen LogP contribution is -2.37. The lowest BCUT2D eigenvalue weighted by Gasteiger charge is -2.28. The van der Waals surface area contributed by atoms with Gasteiger partial charge in [0.25, 0.3) is 5.89 Å². The Kier molecular flexibility index (Phi) is 5.37. The van der Waals surface area contributed by atoms with Crippen molar-refractivity contribution in [1.82, 2.24) is 24.3 Å². The average molecular weight is 482 g/mol. The zero-order valence-electron chi connectivity index (χ0n) is 19.3. The van der Waals surface area contributed by atoms with Crippen LogP contribution < -0.4 is 0 Å². The van der Waals surface area contributed by atoms with E-state index in [4.69, 9.17) is 4.42 Å². The van der Waals surface area contributed by atoms with Crippen LogP contribution in [0.15, 0.2) is 45.7 Å². The Morgan fingerprint density at radius 3 is 2.32 bits per heavy atom. The van der Waals surface area contributed by atoms with E-state index < -0.39 is 10.0 Å². The summed E-state index contributed by atoms with van der Waals surface area (Å²) in [4.78, 5) is 0.350. The molecule has 8 nitrogen and oxygen atoms in total. The van der Waals surface area contributed by atoms with Gasteiger partial charge in [0.05, 0.1) is 4.90 Å². The molecular weight excluding hydrogens is 457 g/mol. The van der Waals surface area contributed by atoms with Crippen molar-refractivity contribution in [2.24, 2.45) is 7.05 Å².